The molecule has 1 fully saturated rings. The number of carbonyl (C=O) groups excluding carboxylic acids is 1. The van der Waals surface area contributed by atoms with Crippen molar-refractivity contribution in [1.82, 2.24) is 20.8 Å². The maximum atomic E-state index is 12.2. The normalized spacial score (nSPS) is 21.0. The molecule has 26 heavy (non-hydrogen) atoms. The molecule has 3 N–H and O–H groups in total. The number of nitrogens with zero attached hydrogens (tertiary/aromatic N) is 2. The Bertz CT molecular complexity index is 754. The van der Waals surface area contributed by atoms with Gasteiger partial charge in [0.05, 0.1) is 12.0 Å². The Balaban J connectivity index is 1.50. The predicted molar refractivity (Wildman–Crippen MR) is 93.2 cm³/mol. The highest BCUT2D eigenvalue weighted by molar-refractivity contribution is 5.75. The summed E-state index contributed by atoms with van der Waals surface area (Å²) >= 11 is 0. The summed E-state index contributed by atoms with van der Waals surface area (Å²) in [5, 5.41) is 18.6. The number of aromatic nitrogens is 2. The van der Waals surface area contributed by atoms with E-state index in [0.717, 1.165) is 5.56 Å². The topological polar surface area (TPSA) is 117 Å². The van der Waals surface area contributed by atoms with E-state index in [4.69, 9.17) is 9.63 Å². The van der Waals surface area contributed by atoms with E-state index in [9.17, 15) is 9.59 Å². The Morgan fingerprint density at radius 2 is 1.88 bits per heavy atom. The lowest BCUT2D eigenvalue weighted by Gasteiger charge is -2.27. The largest absolute Gasteiger partial charge is 0.481 e. The van der Waals surface area contributed by atoms with Crippen LogP contribution in [0.3, 0.4) is 0 Å². The third-order valence-corrected chi connectivity index (χ3v) is 4.61. The first-order valence-electron chi connectivity index (χ1n) is 8.72. The first-order valence-corrected chi connectivity index (χ1v) is 8.72. The molecule has 1 heterocycles. The number of urea groups is 1. The first-order chi connectivity index (χ1) is 12.5. The predicted octanol–water partition coefficient (Wildman–Crippen LogP) is 2.74. The smallest absolute Gasteiger partial charge is 0.315 e. The maximum Gasteiger partial charge on any atom is 0.315 e. The van der Waals surface area contributed by atoms with Gasteiger partial charge in [-0.2, -0.15) is 4.98 Å². The molecule has 0 spiro atoms. The van der Waals surface area contributed by atoms with E-state index in [0.29, 0.717) is 37.4 Å². The summed E-state index contributed by atoms with van der Waals surface area (Å²) in [6, 6.07) is 8.67. The van der Waals surface area contributed by atoms with Gasteiger partial charge in [0.1, 0.15) is 0 Å². The Morgan fingerprint density at radius 3 is 2.54 bits per heavy atom. The van der Waals surface area contributed by atoms with Gasteiger partial charge in [-0.3, -0.25) is 4.79 Å². The summed E-state index contributed by atoms with van der Waals surface area (Å²) in [4.78, 5) is 27.5. The quantitative estimate of drug-likeness (QED) is 0.756. The van der Waals surface area contributed by atoms with Crippen LogP contribution in [0.5, 0.6) is 0 Å². The van der Waals surface area contributed by atoms with E-state index in [1.165, 1.54) is 0 Å². The van der Waals surface area contributed by atoms with Gasteiger partial charge < -0.3 is 20.3 Å². The van der Waals surface area contributed by atoms with Crippen molar-refractivity contribution in [2.24, 2.45) is 5.92 Å². The van der Waals surface area contributed by atoms with Crippen LogP contribution in [0.2, 0.25) is 0 Å². The zero-order chi connectivity index (χ0) is 18.5. The molecule has 1 saturated carbocycles. The summed E-state index contributed by atoms with van der Waals surface area (Å²) in [6.45, 7) is 1.78. The second-order valence-corrected chi connectivity index (χ2v) is 6.55. The number of hydrogen-bond acceptors (Lipinski definition) is 5. The summed E-state index contributed by atoms with van der Waals surface area (Å²) in [5.41, 5.74) is 0.818. The lowest BCUT2D eigenvalue weighted by atomic mass is 9.86. The van der Waals surface area contributed by atoms with E-state index < -0.39 is 12.0 Å². The average Bonchev–Trinajstić information content (AvgIpc) is 3.13. The monoisotopic (exact) mass is 358 g/mol. The Morgan fingerprint density at radius 1 is 1.19 bits per heavy atom. The molecule has 1 atom stereocenters. The van der Waals surface area contributed by atoms with Gasteiger partial charge in [0.15, 0.2) is 5.82 Å². The molecule has 3 rings (SSSR count). The summed E-state index contributed by atoms with van der Waals surface area (Å²) in [7, 11) is 0. The highest BCUT2D eigenvalue weighted by Crippen LogP contribution is 2.24. The molecule has 8 heteroatoms. The number of benzene rings is 1. The zero-order valence-electron chi connectivity index (χ0n) is 14.5. The number of carbonyl (C=O) groups is 2. The minimum atomic E-state index is -0.757. The van der Waals surface area contributed by atoms with Crippen LogP contribution < -0.4 is 10.6 Å². The Kier molecular flexibility index (Phi) is 5.50. The standard InChI is InChI=1S/C18H22N4O4/c1-11(15-21-16(26-22-15)12-5-3-2-4-6-12)19-18(25)20-14-9-7-13(8-10-14)17(23)24/h2-6,11,13-14H,7-10H2,1H3,(H,23,24)(H2,19,20,25). The minimum absolute atomic E-state index is 0.0112. The average molecular weight is 358 g/mol. The fourth-order valence-corrected chi connectivity index (χ4v) is 3.08. The van der Waals surface area contributed by atoms with Crippen LogP contribution >= 0.6 is 0 Å². The molecule has 8 nitrogen and oxygen atoms in total. The van der Waals surface area contributed by atoms with E-state index in [-0.39, 0.29) is 18.0 Å². The van der Waals surface area contributed by atoms with Gasteiger partial charge in [-0.05, 0) is 44.7 Å². The SMILES string of the molecule is CC(NC(=O)NC1CCC(C(=O)O)CC1)c1noc(-c2ccccc2)n1. The van der Waals surface area contributed by atoms with Gasteiger partial charge in [0, 0.05) is 11.6 Å². The van der Waals surface area contributed by atoms with E-state index in [1.54, 1.807) is 6.92 Å². The molecule has 0 aliphatic heterocycles. The second-order valence-electron chi connectivity index (χ2n) is 6.55. The van der Waals surface area contributed by atoms with Crippen molar-refractivity contribution >= 4 is 12.0 Å². The van der Waals surface area contributed by atoms with Crippen molar-refractivity contribution in [2.75, 3.05) is 0 Å². The van der Waals surface area contributed by atoms with Gasteiger partial charge in [-0.1, -0.05) is 23.4 Å². The van der Waals surface area contributed by atoms with Crippen LogP contribution in [0.1, 0.15) is 44.5 Å². The van der Waals surface area contributed by atoms with Crippen LogP contribution in [0, 0.1) is 5.92 Å². The number of rotatable bonds is 5. The van der Waals surface area contributed by atoms with Crippen molar-refractivity contribution in [3.8, 4) is 11.5 Å². The third-order valence-electron chi connectivity index (χ3n) is 4.61. The van der Waals surface area contributed by atoms with Gasteiger partial charge in [0.2, 0.25) is 0 Å². The molecule has 1 aromatic heterocycles. The number of carboxylic acids is 1. The van der Waals surface area contributed by atoms with E-state index in [2.05, 4.69) is 20.8 Å². The molecule has 2 amide bonds. The highest BCUT2D eigenvalue weighted by Gasteiger charge is 2.27. The van der Waals surface area contributed by atoms with Crippen LogP contribution in [-0.2, 0) is 4.79 Å². The summed E-state index contributed by atoms with van der Waals surface area (Å²) < 4.78 is 5.25. The number of amides is 2. The Labute approximate surface area is 151 Å². The van der Waals surface area contributed by atoms with Gasteiger partial charge >= 0.3 is 12.0 Å². The van der Waals surface area contributed by atoms with Crippen LogP contribution in [0.4, 0.5) is 4.79 Å². The molecule has 1 aliphatic rings. The van der Waals surface area contributed by atoms with Crippen molar-refractivity contribution in [3.05, 3.63) is 36.2 Å². The molecular weight excluding hydrogens is 336 g/mol. The van der Waals surface area contributed by atoms with E-state index in [1.807, 2.05) is 30.3 Å². The van der Waals surface area contributed by atoms with Crippen molar-refractivity contribution in [3.63, 3.8) is 0 Å². The van der Waals surface area contributed by atoms with Crippen molar-refractivity contribution in [1.29, 1.82) is 0 Å². The first kappa shape index (κ1) is 17.9. The minimum Gasteiger partial charge on any atom is -0.481 e. The molecule has 138 valence electrons. The lowest BCUT2D eigenvalue weighted by Crippen LogP contribution is -2.45. The number of carboxylic acid groups (broad SMARTS) is 1. The molecule has 2 aromatic rings. The van der Waals surface area contributed by atoms with Crippen LogP contribution in [0.15, 0.2) is 34.9 Å². The number of nitrogens with one attached hydrogen (secondary N) is 2. The fraction of sp³-hybridized carbons (Fsp3) is 0.444. The van der Waals surface area contributed by atoms with Crippen molar-refractivity contribution < 1.29 is 19.2 Å². The van der Waals surface area contributed by atoms with Gasteiger partial charge in [-0.15, -0.1) is 0 Å². The van der Waals surface area contributed by atoms with Crippen molar-refractivity contribution in [2.45, 2.75) is 44.7 Å². The molecule has 1 aliphatic carbocycles. The highest BCUT2D eigenvalue weighted by atomic mass is 16.5. The van der Waals surface area contributed by atoms with Gasteiger partial charge in [0.25, 0.3) is 5.89 Å². The molecule has 0 radical (unpaired) electrons. The van der Waals surface area contributed by atoms with E-state index >= 15 is 0 Å². The second kappa shape index (κ2) is 7.99. The molecule has 1 aromatic carbocycles. The zero-order valence-corrected chi connectivity index (χ0v) is 14.5. The summed E-state index contributed by atoms with van der Waals surface area (Å²) in [5.74, 6) is -0.256. The molecule has 0 bridgehead atoms. The fourth-order valence-electron chi connectivity index (χ4n) is 3.08. The van der Waals surface area contributed by atoms with Crippen LogP contribution in [0.25, 0.3) is 11.5 Å². The summed E-state index contributed by atoms with van der Waals surface area (Å²) in [6.07, 6.45) is 2.50. The molecule has 0 saturated heterocycles. The number of hydrogen-bond donors (Lipinski definition) is 3. The maximum absolute atomic E-state index is 12.2. The third kappa shape index (κ3) is 4.38. The number of aliphatic carboxylic acids is 1. The lowest BCUT2D eigenvalue weighted by molar-refractivity contribution is -0.142. The molecule has 1 unspecified atom stereocenters. The Hall–Kier alpha value is -2.90. The van der Waals surface area contributed by atoms with Crippen LogP contribution in [-0.4, -0.2) is 33.3 Å². The molecular formula is C18H22N4O4. The van der Waals surface area contributed by atoms with Gasteiger partial charge in [-0.25, -0.2) is 4.79 Å².